The molecule has 0 radical (unpaired) electrons. The van der Waals surface area contributed by atoms with Gasteiger partial charge in [-0.15, -0.1) is 0 Å². The molecule has 3 atom stereocenters. The second-order valence-corrected chi connectivity index (χ2v) is 10.7. The van der Waals surface area contributed by atoms with Crippen molar-refractivity contribution in [2.24, 2.45) is 0 Å². The lowest BCUT2D eigenvalue weighted by molar-refractivity contribution is 0.00997. The van der Waals surface area contributed by atoms with Gasteiger partial charge in [0.1, 0.15) is 24.2 Å². The van der Waals surface area contributed by atoms with Crippen LogP contribution in [0.1, 0.15) is 35.4 Å². The van der Waals surface area contributed by atoms with E-state index in [1.165, 1.54) is 11.1 Å². The summed E-state index contributed by atoms with van der Waals surface area (Å²) in [6, 6.07) is 30.7. The molecule has 42 heavy (non-hydrogen) atoms. The lowest BCUT2D eigenvalue weighted by Gasteiger charge is -2.33. The van der Waals surface area contributed by atoms with Crippen LogP contribution in [-0.4, -0.2) is 61.9 Å². The van der Waals surface area contributed by atoms with E-state index in [9.17, 15) is 5.11 Å². The zero-order valence-corrected chi connectivity index (χ0v) is 24.0. The molecular weight excluding hydrogens is 530 g/mol. The Bertz CT molecular complexity index is 1380. The summed E-state index contributed by atoms with van der Waals surface area (Å²) < 4.78 is 24.2. The smallest absolute Gasteiger partial charge is 0.122 e. The number of para-hydroxylation sites is 1. The maximum atomic E-state index is 9.59. The molecule has 0 bridgehead atoms. The lowest BCUT2D eigenvalue weighted by Crippen LogP contribution is -2.41. The molecule has 0 unspecified atom stereocenters. The molecule has 4 aromatic rings. The van der Waals surface area contributed by atoms with Crippen LogP contribution >= 0.6 is 0 Å². The van der Waals surface area contributed by atoms with E-state index in [0.717, 1.165) is 48.0 Å². The highest BCUT2D eigenvalue weighted by Crippen LogP contribution is 2.35. The molecule has 7 nitrogen and oxygen atoms in total. The molecule has 222 valence electrons. The third-order valence-electron chi connectivity index (χ3n) is 7.54. The molecular formula is C35H41NO6. The first-order valence-corrected chi connectivity index (χ1v) is 14.8. The van der Waals surface area contributed by atoms with Crippen molar-refractivity contribution in [2.45, 2.75) is 44.2 Å². The van der Waals surface area contributed by atoms with E-state index >= 15 is 0 Å². The van der Waals surface area contributed by atoms with Gasteiger partial charge in [-0.1, -0.05) is 66.7 Å². The van der Waals surface area contributed by atoms with Gasteiger partial charge in [0.15, 0.2) is 0 Å². The summed E-state index contributed by atoms with van der Waals surface area (Å²) in [6.07, 6.45) is 0.919. The number of fused-ring (bicyclic) bond motifs is 1. The quantitative estimate of drug-likeness (QED) is 0.169. The van der Waals surface area contributed by atoms with Crippen molar-refractivity contribution in [3.63, 3.8) is 0 Å². The third-order valence-corrected chi connectivity index (χ3v) is 7.54. The minimum atomic E-state index is -0.896. The fourth-order valence-corrected chi connectivity index (χ4v) is 5.29. The topological polar surface area (TPSA) is 89.4 Å². The molecule has 1 fully saturated rings. The Kier molecular flexibility index (Phi) is 11.2. The monoisotopic (exact) mass is 571 g/mol. The fourth-order valence-electron chi connectivity index (χ4n) is 5.29. The van der Waals surface area contributed by atoms with Gasteiger partial charge in [0.05, 0.1) is 39.1 Å². The molecule has 4 aromatic carbocycles. The van der Waals surface area contributed by atoms with Crippen LogP contribution in [0.15, 0.2) is 91.0 Å². The van der Waals surface area contributed by atoms with Crippen molar-refractivity contribution in [2.75, 3.05) is 39.5 Å². The first kappa shape index (κ1) is 30.0. The lowest BCUT2D eigenvalue weighted by atomic mass is 9.87. The number of ether oxygens (including phenoxy) is 4. The van der Waals surface area contributed by atoms with Crippen molar-refractivity contribution < 1.29 is 29.2 Å². The van der Waals surface area contributed by atoms with Crippen molar-refractivity contribution in [3.8, 4) is 11.5 Å². The molecule has 0 saturated carbocycles. The Labute approximate surface area is 248 Å². The number of nitrogens with one attached hydrogen (secondary N) is 1. The minimum absolute atomic E-state index is 0.0167. The van der Waals surface area contributed by atoms with Crippen LogP contribution in [0, 0.1) is 0 Å². The van der Waals surface area contributed by atoms with Gasteiger partial charge in [-0.25, -0.2) is 0 Å². The minimum Gasteiger partial charge on any atom is -0.493 e. The summed E-state index contributed by atoms with van der Waals surface area (Å²) in [5.74, 6) is 1.81. The van der Waals surface area contributed by atoms with Gasteiger partial charge in [-0.05, 0) is 64.7 Å². The van der Waals surface area contributed by atoms with E-state index in [-0.39, 0.29) is 25.2 Å². The Morgan fingerprint density at radius 3 is 2.52 bits per heavy atom. The predicted octanol–water partition coefficient (Wildman–Crippen LogP) is 5.22. The molecule has 3 N–H and O–H groups in total. The van der Waals surface area contributed by atoms with Crippen LogP contribution in [-0.2, 0) is 22.7 Å². The van der Waals surface area contributed by atoms with Crippen LogP contribution in [0.4, 0.5) is 0 Å². The van der Waals surface area contributed by atoms with Crippen molar-refractivity contribution in [3.05, 3.63) is 108 Å². The Morgan fingerprint density at radius 2 is 1.64 bits per heavy atom. The first-order valence-electron chi connectivity index (χ1n) is 14.8. The number of hydrogen-bond acceptors (Lipinski definition) is 7. The number of aliphatic hydroxyl groups is 2. The van der Waals surface area contributed by atoms with Crippen LogP contribution < -0.4 is 14.8 Å². The largest absolute Gasteiger partial charge is 0.493 e. The standard InChI is InChI=1S/C35H41NO6/c37-22-30(38)25-41-31-14-13-28-12-11-27(19-29(28)20-31)24-42-35-21-36-16-15-33(35)32-9-4-5-10-34(32)40-18-6-17-39-23-26-7-2-1-3-8-26/h1-5,7-14,19-20,30,33,35-38H,6,15-18,21-25H2/t30-,33+,35-/m0/s1. The van der Waals surface area contributed by atoms with Gasteiger partial charge in [-0.2, -0.15) is 0 Å². The summed E-state index contributed by atoms with van der Waals surface area (Å²) in [4.78, 5) is 0. The summed E-state index contributed by atoms with van der Waals surface area (Å²) >= 11 is 0. The number of piperidine rings is 1. The second kappa shape index (κ2) is 15.7. The highest BCUT2D eigenvalue weighted by molar-refractivity contribution is 5.84. The number of aliphatic hydroxyl groups excluding tert-OH is 2. The van der Waals surface area contributed by atoms with Gasteiger partial charge in [0, 0.05) is 18.9 Å². The van der Waals surface area contributed by atoms with Gasteiger partial charge < -0.3 is 34.5 Å². The molecule has 7 heteroatoms. The SMILES string of the molecule is OC[C@H](O)COc1ccc2ccc(CO[C@H]3CNCC[C@@H]3c3ccccc3OCCCOCc3ccccc3)cc2c1. The predicted molar refractivity (Wildman–Crippen MR) is 164 cm³/mol. The van der Waals surface area contributed by atoms with Crippen LogP contribution in [0.25, 0.3) is 10.8 Å². The van der Waals surface area contributed by atoms with E-state index in [4.69, 9.17) is 24.1 Å². The summed E-state index contributed by atoms with van der Waals surface area (Å²) in [6.45, 7) is 3.81. The number of benzene rings is 4. The molecule has 1 heterocycles. The maximum absolute atomic E-state index is 9.59. The molecule has 0 aliphatic carbocycles. The second-order valence-electron chi connectivity index (χ2n) is 10.7. The fraction of sp³-hybridized carbons (Fsp3) is 0.371. The molecule has 0 aromatic heterocycles. The summed E-state index contributed by atoms with van der Waals surface area (Å²) in [7, 11) is 0. The zero-order chi connectivity index (χ0) is 29.0. The van der Waals surface area contributed by atoms with Crippen LogP contribution in [0.3, 0.4) is 0 Å². The van der Waals surface area contributed by atoms with E-state index < -0.39 is 6.10 Å². The van der Waals surface area contributed by atoms with E-state index in [1.54, 1.807) is 0 Å². The molecule has 5 rings (SSSR count). The van der Waals surface area contributed by atoms with Gasteiger partial charge in [-0.3, -0.25) is 0 Å². The Morgan fingerprint density at radius 1 is 0.810 bits per heavy atom. The average Bonchev–Trinajstić information content (AvgIpc) is 3.04. The average molecular weight is 572 g/mol. The van der Waals surface area contributed by atoms with Gasteiger partial charge >= 0.3 is 0 Å². The molecule has 0 amide bonds. The van der Waals surface area contributed by atoms with E-state index in [0.29, 0.717) is 32.2 Å². The Balaban J connectivity index is 1.16. The van der Waals surface area contributed by atoms with Gasteiger partial charge in [0.25, 0.3) is 0 Å². The third kappa shape index (κ3) is 8.53. The maximum Gasteiger partial charge on any atom is 0.122 e. The highest BCUT2D eigenvalue weighted by atomic mass is 16.5. The normalized spacial score (nSPS) is 17.7. The summed E-state index contributed by atoms with van der Waals surface area (Å²) in [5, 5.41) is 24.3. The van der Waals surface area contributed by atoms with Crippen LogP contribution in [0.2, 0.25) is 0 Å². The van der Waals surface area contributed by atoms with Crippen molar-refractivity contribution >= 4 is 10.8 Å². The number of rotatable bonds is 15. The van der Waals surface area contributed by atoms with Crippen LogP contribution in [0.5, 0.6) is 11.5 Å². The first-order chi connectivity index (χ1) is 20.7. The summed E-state index contributed by atoms with van der Waals surface area (Å²) in [5.41, 5.74) is 3.46. The molecule has 1 aliphatic rings. The van der Waals surface area contributed by atoms with Gasteiger partial charge in [0.2, 0.25) is 0 Å². The Hall–Kier alpha value is -3.46. The van der Waals surface area contributed by atoms with E-state index in [2.05, 4.69) is 53.8 Å². The zero-order valence-electron chi connectivity index (χ0n) is 24.0. The highest BCUT2D eigenvalue weighted by Gasteiger charge is 2.29. The molecule has 1 saturated heterocycles. The van der Waals surface area contributed by atoms with Crippen molar-refractivity contribution in [1.82, 2.24) is 5.32 Å². The van der Waals surface area contributed by atoms with Crippen molar-refractivity contribution in [1.29, 1.82) is 0 Å². The van der Waals surface area contributed by atoms with E-state index in [1.807, 2.05) is 42.5 Å². The molecule has 1 aliphatic heterocycles. The molecule has 0 spiro atoms. The number of hydrogen-bond donors (Lipinski definition) is 3.